The van der Waals surface area contributed by atoms with Crippen molar-refractivity contribution < 1.29 is 17.9 Å². The van der Waals surface area contributed by atoms with Crippen LogP contribution in [0.15, 0.2) is 18.2 Å². The molecule has 1 N–H and O–H groups in total. The van der Waals surface area contributed by atoms with Gasteiger partial charge in [-0.25, -0.2) is 8.42 Å². The number of sulfonamides is 1. The highest BCUT2D eigenvalue weighted by Crippen LogP contribution is 2.34. The summed E-state index contributed by atoms with van der Waals surface area (Å²) in [6.45, 7) is 0.645. The van der Waals surface area contributed by atoms with Crippen LogP contribution >= 0.6 is 11.6 Å². The van der Waals surface area contributed by atoms with E-state index in [1.807, 2.05) is 0 Å². The van der Waals surface area contributed by atoms with Crippen LogP contribution in [0, 0.1) is 0 Å². The predicted molar refractivity (Wildman–Crippen MR) is 82.7 cm³/mol. The molecule has 1 heterocycles. The second-order valence-corrected chi connectivity index (χ2v) is 6.87. The highest BCUT2D eigenvalue weighted by molar-refractivity contribution is 7.92. The van der Waals surface area contributed by atoms with Gasteiger partial charge in [-0.1, -0.05) is 0 Å². The van der Waals surface area contributed by atoms with Crippen molar-refractivity contribution in [1.82, 2.24) is 0 Å². The number of benzene rings is 1. The van der Waals surface area contributed by atoms with Gasteiger partial charge in [-0.15, -0.1) is 11.6 Å². The van der Waals surface area contributed by atoms with E-state index < -0.39 is 10.0 Å². The van der Waals surface area contributed by atoms with Crippen molar-refractivity contribution >= 4 is 38.9 Å². The SMILES string of the molecule is COc1cc(NS(=O)(=O)CCCl)ccc1N1CCCC1=O. The summed E-state index contributed by atoms with van der Waals surface area (Å²) < 4.78 is 31.1. The van der Waals surface area contributed by atoms with E-state index >= 15 is 0 Å². The quantitative estimate of drug-likeness (QED) is 0.806. The Morgan fingerprint density at radius 1 is 1.43 bits per heavy atom. The van der Waals surface area contributed by atoms with Gasteiger partial charge in [0.1, 0.15) is 5.75 Å². The first-order chi connectivity index (χ1) is 9.96. The maximum absolute atomic E-state index is 11.8. The summed E-state index contributed by atoms with van der Waals surface area (Å²) in [5.41, 5.74) is 1.03. The summed E-state index contributed by atoms with van der Waals surface area (Å²) in [6.07, 6.45) is 1.33. The summed E-state index contributed by atoms with van der Waals surface area (Å²) in [5.74, 6) is 0.357. The van der Waals surface area contributed by atoms with Crippen molar-refractivity contribution in [2.75, 3.05) is 34.9 Å². The van der Waals surface area contributed by atoms with Crippen molar-refractivity contribution in [1.29, 1.82) is 0 Å². The van der Waals surface area contributed by atoms with E-state index in [1.54, 1.807) is 23.1 Å². The van der Waals surface area contributed by atoms with Gasteiger partial charge in [0.05, 0.1) is 24.2 Å². The lowest BCUT2D eigenvalue weighted by Crippen LogP contribution is -2.24. The molecular weight excluding hydrogens is 316 g/mol. The van der Waals surface area contributed by atoms with Crippen LogP contribution in [0.3, 0.4) is 0 Å². The Balaban J connectivity index is 2.26. The van der Waals surface area contributed by atoms with Gasteiger partial charge in [-0.05, 0) is 18.6 Å². The number of alkyl halides is 1. The third-order valence-corrected chi connectivity index (χ3v) is 4.86. The highest BCUT2D eigenvalue weighted by Gasteiger charge is 2.24. The monoisotopic (exact) mass is 332 g/mol. The molecule has 0 aliphatic carbocycles. The lowest BCUT2D eigenvalue weighted by Gasteiger charge is -2.19. The molecule has 0 atom stereocenters. The third kappa shape index (κ3) is 3.79. The van der Waals surface area contributed by atoms with E-state index in [4.69, 9.17) is 16.3 Å². The Morgan fingerprint density at radius 3 is 2.76 bits per heavy atom. The number of hydrogen-bond acceptors (Lipinski definition) is 4. The summed E-state index contributed by atoms with van der Waals surface area (Å²) in [7, 11) is -1.99. The molecule has 1 saturated heterocycles. The lowest BCUT2D eigenvalue weighted by atomic mass is 10.2. The zero-order valence-electron chi connectivity index (χ0n) is 11.6. The molecule has 0 spiro atoms. The minimum absolute atomic E-state index is 0.0207. The van der Waals surface area contributed by atoms with Crippen LogP contribution in [0.2, 0.25) is 0 Å². The summed E-state index contributed by atoms with van der Waals surface area (Å²) in [6, 6.07) is 4.85. The fraction of sp³-hybridized carbons (Fsp3) is 0.462. The van der Waals surface area contributed by atoms with Gasteiger partial charge >= 0.3 is 0 Å². The van der Waals surface area contributed by atoms with Crippen LogP contribution in [0.4, 0.5) is 11.4 Å². The number of carbonyl (C=O) groups is 1. The first kappa shape index (κ1) is 15.9. The van der Waals surface area contributed by atoms with E-state index in [9.17, 15) is 13.2 Å². The second-order valence-electron chi connectivity index (χ2n) is 4.65. The summed E-state index contributed by atoms with van der Waals surface area (Å²) >= 11 is 5.45. The number of hydrogen-bond donors (Lipinski definition) is 1. The van der Waals surface area contributed by atoms with Gasteiger partial charge in [-0.2, -0.15) is 0 Å². The average molecular weight is 333 g/mol. The van der Waals surface area contributed by atoms with Crippen molar-refractivity contribution in [3.63, 3.8) is 0 Å². The average Bonchev–Trinajstić information content (AvgIpc) is 2.84. The van der Waals surface area contributed by atoms with Crippen LogP contribution in [0.5, 0.6) is 5.75 Å². The molecule has 0 unspecified atom stereocenters. The Bertz CT molecular complexity index is 633. The van der Waals surface area contributed by atoms with Crippen molar-refractivity contribution in [2.24, 2.45) is 0 Å². The molecule has 1 fully saturated rings. The standard InChI is InChI=1S/C13H17ClN2O4S/c1-20-12-9-10(15-21(18,19)8-6-14)4-5-11(12)16-7-2-3-13(16)17/h4-5,9,15H,2-3,6-8H2,1H3. The Kier molecular flexibility index (Phi) is 4.95. The number of rotatable bonds is 6. The molecule has 6 nitrogen and oxygen atoms in total. The second kappa shape index (κ2) is 6.53. The van der Waals surface area contributed by atoms with E-state index in [1.165, 1.54) is 7.11 Å². The molecule has 8 heteroatoms. The van der Waals surface area contributed by atoms with E-state index in [-0.39, 0.29) is 17.5 Å². The van der Waals surface area contributed by atoms with E-state index in [2.05, 4.69) is 4.72 Å². The number of ether oxygens (including phenoxy) is 1. The molecule has 1 aliphatic heterocycles. The Labute approximate surface area is 129 Å². The number of nitrogens with one attached hydrogen (secondary N) is 1. The number of halogens is 1. The first-order valence-electron chi connectivity index (χ1n) is 6.51. The predicted octanol–water partition coefficient (Wildman–Crippen LogP) is 1.80. The van der Waals surface area contributed by atoms with Gasteiger partial charge in [0, 0.05) is 24.9 Å². The largest absolute Gasteiger partial charge is 0.494 e. The lowest BCUT2D eigenvalue weighted by molar-refractivity contribution is -0.117. The molecule has 116 valence electrons. The van der Waals surface area contributed by atoms with E-state index in [0.29, 0.717) is 30.1 Å². The molecule has 0 radical (unpaired) electrons. The van der Waals surface area contributed by atoms with E-state index in [0.717, 1.165) is 6.42 Å². The molecule has 0 aromatic heterocycles. The minimum Gasteiger partial charge on any atom is -0.494 e. The molecule has 1 aliphatic rings. The number of anilines is 2. The third-order valence-electron chi connectivity index (χ3n) is 3.16. The minimum atomic E-state index is -3.47. The zero-order valence-corrected chi connectivity index (χ0v) is 13.2. The topological polar surface area (TPSA) is 75.7 Å². The van der Waals surface area contributed by atoms with Crippen molar-refractivity contribution in [2.45, 2.75) is 12.8 Å². The zero-order chi connectivity index (χ0) is 15.5. The number of carbonyl (C=O) groups excluding carboxylic acids is 1. The molecule has 1 amide bonds. The van der Waals surface area contributed by atoms with Gasteiger partial charge in [0.25, 0.3) is 0 Å². The van der Waals surface area contributed by atoms with Gasteiger partial charge in [-0.3, -0.25) is 9.52 Å². The smallest absolute Gasteiger partial charge is 0.233 e. The number of amides is 1. The number of methoxy groups -OCH3 is 1. The van der Waals surface area contributed by atoms with Crippen molar-refractivity contribution in [3.05, 3.63) is 18.2 Å². The highest BCUT2D eigenvalue weighted by atomic mass is 35.5. The maximum atomic E-state index is 11.8. The Morgan fingerprint density at radius 2 is 2.19 bits per heavy atom. The van der Waals surface area contributed by atoms with Crippen LogP contribution in [-0.2, 0) is 14.8 Å². The van der Waals surface area contributed by atoms with Crippen LogP contribution in [-0.4, -0.2) is 39.6 Å². The van der Waals surface area contributed by atoms with Gasteiger partial charge in [0.2, 0.25) is 15.9 Å². The summed E-state index contributed by atoms with van der Waals surface area (Å²) in [4.78, 5) is 13.4. The molecule has 1 aromatic carbocycles. The van der Waals surface area contributed by atoms with Gasteiger partial charge < -0.3 is 9.64 Å². The fourth-order valence-corrected chi connectivity index (χ4v) is 3.60. The Hall–Kier alpha value is -1.47. The maximum Gasteiger partial charge on any atom is 0.233 e. The molecule has 21 heavy (non-hydrogen) atoms. The normalized spacial score (nSPS) is 15.3. The molecule has 1 aromatic rings. The first-order valence-corrected chi connectivity index (χ1v) is 8.70. The van der Waals surface area contributed by atoms with Crippen LogP contribution in [0.1, 0.15) is 12.8 Å². The molecule has 0 saturated carbocycles. The van der Waals surface area contributed by atoms with Crippen molar-refractivity contribution in [3.8, 4) is 5.75 Å². The van der Waals surface area contributed by atoms with Crippen LogP contribution < -0.4 is 14.4 Å². The van der Waals surface area contributed by atoms with Gasteiger partial charge in [0.15, 0.2) is 0 Å². The molecular formula is C13H17ClN2O4S. The van der Waals surface area contributed by atoms with Crippen LogP contribution in [0.25, 0.3) is 0 Å². The fourth-order valence-electron chi connectivity index (χ4n) is 2.20. The molecule has 0 bridgehead atoms. The summed E-state index contributed by atoms with van der Waals surface area (Å²) in [5, 5.41) is 0. The number of nitrogens with zero attached hydrogens (tertiary/aromatic N) is 1. The molecule has 2 rings (SSSR count).